The van der Waals surface area contributed by atoms with E-state index in [1.54, 1.807) is 30.3 Å². The van der Waals surface area contributed by atoms with Gasteiger partial charge in [-0.05, 0) is 30.3 Å². The van der Waals surface area contributed by atoms with Crippen molar-refractivity contribution in [2.24, 2.45) is 0 Å². The molecule has 0 saturated carbocycles. The molecule has 1 heterocycles. The van der Waals surface area contributed by atoms with Crippen molar-refractivity contribution in [3.63, 3.8) is 0 Å². The van der Waals surface area contributed by atoms with Crippen LogP contribution in [0, 0.1) is 0 Å². The number of nitrogen functional groups attached to an aromatic ring is 1. The summed E-state index contributed by atoms with van der Waals surface area (Å²) in [6, 6.07) is 15.2. The molecule has 0 aliphatic carbocycles. The lowest BCUT2D eigenvalue weighted by Gasteiger charge is -2.05. The van der Waals surface area contributed by atoms with Gasteiger partial charge in [0.15, 0.2) is 0 Å². The minimum absolute atomic E-state index is 0.0143. The second-order valence-corrected chi connectivity index (χ2v) is 6.96. The van der Waals surface area contributed by atoms with Crippen LogP contribution in [0.1, 0.15) is 10.4 Å². The van der Waals surface area contributed by atoms with Gasteiger partial charge in [-0.2, -0.15) is 8.42 Å². The maximum absolute atomic E-state index is 12.6. The first-order chi connectivity index (χ1) is 12.4. The maximum Gasteiger partial charge on any atom is 0.345 e. The van der Waals surface area contributed by atoms with Gasteiger partial charge in [0.1, 0.15) is 11.6 Å². The number of carbonyl (C=O) groups excluding carboxylic acids is 1. The third kappa shape index (κ3) is 3.38. The summed E-state index contributed by atoms with van der Waals surface area (Å²) in [6.45, 7) is 0. The molecule has 134 valence electrons. The molecule has 0 radical (unpaired) electrons. The third-order valence-electron chi connectivity index (χ3n) is 3.45. The summed E-state index contributed by atoms with van der Waals surface area (Å²) in [5, 5.41) is 3.80. The number of anilines is 1. The summed E-state index contributed by atoms with van der Waals surface area (Å²) in [6.07, 6.45) is 0. The zero-order valence-corrected chi connectivity index (χ0v) is 14.5. The topological polar surface area (TPSA) is 114 Å². The molecule has 0 fully saturated rings. The van der Waals surface area contributed by atoms with E-state index in [9.17, 15) is 13.2 Å². The fraction of sp³-hybridized carbons (Fsp3) is 0.0588. The molecule has 1 aromatic heterocycles. The predicted molar refractivity (Wildman–Crippen MR) is 93.6 cm³/mol. The van der Waals surface area contributed by atoms with Crippen LogP contribution >= 0.6 is 0 Å². The highest BCUT2D eigenvalue weighted by Crippen LogP contribution is 2.22. The largest absolute Gasteiger partial charge is 0.497 e. The number of nitrogens with two attached hydrogens (primary N) is 1. The molecule has 0 spiro atoms. The maximum atomic E-state index is 12.6. The molecule has 0 aliphatic heterocycles. The van der Waals surface area contributed by atoms with Gasteiger partial charge < -0.3 is 15.2 Å². The van der Waals surface area contributed by atoms with Crippen LogP contribution < -0.4 is 15.2 Å². The second-order valence-electron chi connectivity index (χ2n) is 5.19. The van der Waals surface area contributed by atoms with E-state index in [1.807, 2.05) is 0 Å². The van der Waals surface area contributed by atoms with E-state index >= 15 is 0 Å². The number of hydrogen-bond acceptors (Lipinski definition) is 7. The number of benzene rings is 2. The Labute approximate surface area is 149 Å². The monoisotopic (exact) mass is 373 g/mol. The number of nitrogens with zero attached hydrogens (tertiary/aromatic N) is 2. The van der Waals surface area contributed by atoms with E-state index in [-0.39, 0.29) is 22.2 Å². The molecule has 9 heteroatoms. The molecule has 0 atom stereocenters. The molecule has 8 nitrogen and oxygen atoms in total. The quantitative estimate of drug-likeness (QED) is 0.680. The smallest absolute Gasteiger partial charge is 0.345 e. The standard InChI is InChI=1S/C17H15N3O5S/c1-24-13-7-5-6-12(10-13)17(21)25-16-11-15(18)20(19-16)26(22,23)14-8-3-2-4-9-14/h2-11H,18H2,1H3. The van der Waals surface area contributed by atoms with E-state index in [1.165, 1.54) is 37.4 Å². The Balaban J connectivity index is 1.88. The molecular formula is C17H15N3O5S. The number of esters is 1. The molecule has 0 saturated heterocycles. The molecule has 2 aromatic carbocycles. The van der Waals surface area contributed by atoms with E-state index in [2.05, 4.69) is 5.10 Å². The van der Waals surface area contributed by atoms with E-state index in [4.69, 9.17) is 15.2 Å². The first kappa shape index (κ1) is 17.5. The Kier molecular flexibility index (Phi) is 4.63. The average molecular weight is 373 g/mol. The first-order valence-electron chi connectivity index (χ1n) is 7.44. The number of rotatable bonds is 5. The van der Waals surface area contributed by atoms with Crippen LogP contribution in [0.3, 0.4) is 0 Å². The molecule has 26 heavy (non-hydrogen) atoms. The van der Waals surface area contributed by atoms with Crippen LogP contribution in [0.15, 0.2) is 65.6 Å². The highest BCUT2D eigenvalue weighted by atomic mass is 32.2. The van der Waals surface area contributed by atoms with Gasteiger partial charge in [0.05, 0.1) is 17.6 Å². The lowest BCUT2D eigenvalue weighted by Crippen LogP contribution is -2.17. The van der Waals surface area contributed by atoms with Crippen molar-refractivity contribution in [1.82, 2.24) is 9.19 Å². The van der Waals surface area contributed by atoms with Gasteiger partial charge in [0.25, 0.3) is 10.0 Å². The van der Waals surface area contributed by atoms with Gasteiger partial charge in [-0.1, -0.05) is 24.3 Å². The van der Waals surface area contributed by atoms with Gasteiger partial charge in [-0.25, -0.2) is 4.79 Å². The zero-order valence-electron chi connectivity index (χ0n) is 13.7. The minimum Gasteiger partial charge on any atom is -0.497 e. The van der Waals surface area contributed by atoms with Crippen LogP contribution in [0.2, 0.25) is 0 Å². The lowest BCUT2D eigenvalue weighted by atomic mass is 10.2. The lowest BCUT2D eigenvalue weighted by molar-refractivity contribution is 0.0726. The molecule has 0 bridgehead atoms. The predicted octanol–water partition coefficient (Wildman–Crippen LogP) is 1.93. The molecule has 0 unspecified atom stereocenters. The summed E-state index contributed by atoms with van der Waals surface area (Å²) in [5.41, 5.74) is 5.96. The van der Waals surface area contributed by atoms with Crippen molar-refractivity contribution in [3.05, 3.63) is 66.2 Å². The fourth-order valence-electron chi connectivity index (χ4n) is 2.20. The van der Waals surface area contributed by atoms with Crippen molar-refractivity contribution in [1.29, 1.82) is 0 Å². The van der Waals surface area contributed by atoms with Crippen molar-refractivity contribution in [3.8, 4) is 11.6 Å². The highest BCUT2D eigenvalue weighted by molar-refractivity contribution is 7.90. The number of aromatic nitrogens is 2. The minimum atomic E-state index is -3.99. The van der Waals surface area contributed by atoms with E-state index in [0.717, 1.165) is 0 Å². The molecule has 0 amide bonds. The summed E-state index contributed by atoms with van der Waals surface area (Å²) >= 11 is 0. The second kappa shape index (κ2) is 6.89. The number of ether oxygens (including phenoxy) is 2. The molecule has 3 aromatic rings. The van der Waals surface area contributed by atoms with Gasteiger partial charge >= 0.3 is 5.97 Å². The molecular weight excluding hydrogens is 358 g/mol. The highest BCUT2D eigenvalue weighted by Gasteiger charge is 2.23. The zero-order chi connectivity index (χ0) is 18.7. The van der Waals surface area contributed by atoms with Crippen LogP contribution in [0.5, 0.6) is 11.6 Å². The van der Waals surface area contributed by atoms with Crippen LogP contribution in [-0.4, -0.2) is 30.7 Å². The summed E-state index contributed by atoms with van der Waals surface area (Å²) in [7, 11) is -2.52. The molecule has 0 aliphatic rings. The van der Waals surface area contributed by atoms with Crippen molar-refractivity contribution < 1.29 is 22.7 Å². The Morgan fingerprint density at radius 3 is 2.50 bits per heavy atom. The third-order valence-corrected chi connectivity index (χ3v) is 5.07. The Morgan fingerprint density at radius 1 is 1.08 bits per heavy atom. The van der Waals surface area contributed by atoms with Crippen LogP contribution in [0.4, 0.5) is 5.82 Å². The number of methoxy groups -OCH3 is 1. The Morgan fingerprint density at radius 2 is 1.81 bits per heavy atom. The average Bonchev–Trinajstić information content (AvgIpc) is 3.03. The fourth-order valence-corrected chi connectivity index (χ4v) is 3.42. The Bertz CT molecular complexity index is 1050. The number of carbonyl (C=O) groups is 1. The van der Waals surface area contributed by atoms with Crippen molar-refractivity contribution in [2.75, 3.05) is 12.8 Å². The van der Waals surface area contributed by atoms with Gasteiger partial charge in [0.2, 0.25) is 5.88 Å². The van der Waals surface area contributed by atoms with Gasteiger partial charge in [-0.15, -0.1) is 9.19 Å². The van der Waals surface area contributed by atoms with E-state index < -0.39 is 16.0 Å². The summed E-state index contributed by atoms with van der Waals surface area (Å²) < 4.78 is 35.9. The SMILES string of the molecule is COc1cccc(C(=O)Oc2cc(N)n(S(=O)(=O)c3ccccc3)n2)c1. The first-order valence-corrected chi connectivity index (χ1v) is 8.88. The van der Waals surface area contributed by atoms with Crippen molar-refractivity contribution >= 4 is 21.8 Å². The number of hydrogen-bond donors (Lipinski definition) is 1. The molecule has 2 N–H and O–H groups in total. The summed E-state index contributed by atoms with van der Waals surface area (Å²) in [5.74, 6) is -0.640. The van der Waals surface area contributed by atoms with Crippen LogP contribution in [-0.2, 0) is 10.0 Å². The van der Waals surface area contributed by atoms with Crippen LogP contribution in [0.25, 0.3) is 0 Å². The Hall–Kier alpha value is -3.33. The van der Waals surface area contributed by atoms with E-state index in [0.29, 0.717) is 9.84 Å². The normalized spacial score (nSPS) is 11.1. The van der Waals surface area contributed by atoms with Crippen molar-refractivity contribution in [2.45, 2.75) is 4.90 Å². The summed E-state index contributed by atoms with van der Waals surface area (Å²) in [4.78, 5) is 12.2. The van der Waals surface area contributed by atoms with Gasteiger partial charge in [-0.3, -0.25) is 0 Å². The molecule has 3 rings (SSSR count). The van der Waals surface area contributed by atoms with Gasteiger partial charge in [0, 0.05) is 6.07 Å².